The standard InChI is InChI=1S/C16H20FN3O6/c1-10(21)19-7-12-8-20(16(24)26-12)11-2-3-14(13(17)6-11)18-4-5-25-9-15(22)23/h2-3,6,12,18H,4-5,7-9H2,1H3,(H,19,21)(H,22,23)/t12-/m0/s1. The molecule has 1 heterocycles. The molecule has 0 spiro atoms. The first-order valence-electron chi connectivity index (χ1n) is 7.92. The van der Waals surface area contributed by atoms with E-state index in [-0.39, 0.29) is 37.8 Å². The van der Waals surface area contributed by atoms with Crippen molar-refractivity contribution in [3.63, 3.8) is 0 Å². The van der Waals surface area contributed by atoms with E-state index in [1.54, 1.807) is 6.07 Å². The van der Waals surface area contributed by atoms with Gasteiger partial charge in [0, 0.05) is 13.5 Å². The summed E-state index contributed by atoms with van der Waals surface area (Å²) in [6.45, 7) is 1.68. The number of carboxylic acids is 1. The van der Waals surface area contributed by atoms with Gasteiger partial charge in [0.15, 0.2) is 0 Å². The molecule has 0 aliphatic carbocycles. The highest BCUT2D eigenvalue weighted by atomic mass is 19.1. The summed E-state index contributed by atoms with van der Waals surface area (Å²) in [6, 6.07) is 4.23. The van der Waals surface area contributed by atoms with Gasteiger partial charge in [-0.15, -0.1) is 0 Å². The van der Waals surface area contributed by atoms with Gasteiger partial charge in [-0.25, -0.2) is 14.0 Å². The van der Waals surface area contributed by atoms with Crippen LogP contribution < -0.4 is 15.5 Å². The van der Waals surface area contributed by atoms with Gasteiger partial charge in [0.25, 0.3) is 0 Å². The van der Waals surface area contributed by atoms with Gasteiger partial charge < -0.3 is 25.2 Å². The van der Waals surface area contributed by atoms with E-state index in [1.165, 1.54) is 24.0 Å². The molecule has 9 nitrogen and oxygen atoms in total. The van der Waals surface area contributed by atoms with Crippen LogP contribution in [0.5, 0.6) is 0 Å². The Morgan fingerprint density at radius 2 is 2.23 bits per heavy atom. The number of anilines is 2. The lowest BCUT2D eigenvalue weighted by Crippen LogP contribution is -2.33. The minimum atomic E-state index is -1.07. The molecule has 1 fully saturated rings. The van der Waals surface area contributed by atoms with Crippen LogP contribution in [0.3, 0.4) is 0 Å². The molecule has 2 rings (SSSR count). The largest absolute Gasteiger partial charge is 0.480 e. The third-order valence-electron chi connectivity index (χ3n) is 3.50. The van der Waals surface area contributed by atoms with Crippen LogP contribution in [0.25, 0.3) is 0 Å². The van der Waals surface area contributed by atoms with Crippen LogP contribution in [0, 0.1) is 5.82 Å². The zero-order valence-electron chi connectivity index (χ0n) is 14.2. The van der Waals surface area contributed by atoms with Gasteiger partial charge in [-0.2, -0.15) is 0 Å². The molecule has 0 unspecified atom stereocenters. The van der Waals surface area contributed by atoms with Crippen molar-refractivity contribution in [2.24, 2.45) is 0 Å². The lowest BCUT2D eigenvalue weighted by Gasteiger charge is -2.15. The fourth-order valence-electron chi connectivity index (χ4n) is 2.33. The summed E-state index contributed by atoms with van der Waals surface area (Å²) in [7, 11) is 0. The van der Waals surface area contributed by atoms with E-state index >= 15 is 0 Å². The third-order valence-corrected chi connectivity index (χ3v) is 3.50. The van der Waals surface area contributed by atoms with Crippen molar-refractivity contribution in [3.05, 3.63) is 24.0 Å². The molecule has 0 aromatic heterocycles. The second-order valence-electron chi connectivity index (χ2n) is 5.59. The number of cyclic esters (lactones) is 1. The molecule has 2 amide bonds. The van der Waals surface area contributed by atoms with Crippen molar-refractivity contribution in [1.29, 1.82) is 0 Å². The van der Waals surface area contributed by atoms with Crippen LogP contribution in [-0.4, -0.2) is 62.0 Å². The highest BCUT2D eigenvalue weighted by Gasteiger charge is 2.32. The van der Waals surface area contributed by atoms with E-state index in [0.717, 1.165) is 0 Å². The molecule has 1 saturated heterocycles. The Bertz CT molecular complexity index is 684. The summed E-state index contributed by atoms with van der Waals surface area (Å²) in [5.74, 6) is -1.87. The van der Waals surface area contributed by atoms with Gasteiger partial charge in [0.05, 0.1) is 31.1 Å². The molecule has 1 aromatic carbocycles. The van der Waals surface area contributed by atoms with Gasteiger partial charge in [-0.3, -0.25) is 9.69 Å². The number of carbonyl (C=O) groups excluding carboxylic acids is 2. The quantitative estimate of drug-likeness (QED) is 0.551. The van der Waals surface area contributed by atoms with E-state index in [1.807, 2.05) is 0 Å². The Balaban J connectivity index is 1.89. The Kier molecular flexibility index (Phi) is 6.73. The number of nitrogens with zero attached hydrogens (tertiary/aromatic N) is 1. The number of nitrogens with one attached hydrogen (secondary N) is 2. The van der Waals surface area contributed by atoms with E-state index < -0.39 is 30.6 Å². The molecule has 1 atom stereocenters. The molecule has 1 aromatic rings. The van der Waals surface area contributed by atoms with Crippen molar-refractivity contribution in [2.45, 2.75) is 13.0 Å². The molecule has 142 valence electrons. The number of hydrogen-bond acceptors (Lipinski definition) is 6. The third kappa shape index (κ3) is 5.59. The minimum absolute atomic E-state index is 0.108. The Morgan fingerprint density at radius 3 is 2.88 bits per heavy atom. The maximum Gasteiger partial charge on any atom is 0.414 e. The molecule has 0 radical (unpaired) electrons. The highest BCUT2D eigenvalue weighted by molar-refractivity contribution is 5.90. The Morgan fingerprint density at radius 1 is 1.46 bits per heavy atom. The maximum absolute atomic E-state index is 14.2. The van der Waals surface area contributed by atoms with Crippen molar-refractivity contribution in [2.75, 3.05) is 43.1 Å². The summed E-state index contributed by atoms with van der Waals surface area (Å²) < 4.78 is 24.2. The summed E-state index contributed by atoms with van der Waals surface area (Å²) in [4.78, 5) is 34.4. The second kappa shape index (κ2) is 8.99. The molecule has 3 N–H and O–H groups in total. The lowest BCUT2D eigenvalue weighted by atomic mass is 10.2. The van der Waals surface area contributed by atoms with Gasteiger partial charge in [-0.1, -0.05) is 0 Å². The summed E-state index contributed by atoms with van der Waals surface area (Å²) in [5.41, 5.74) is 0.542. The predicted molar refractivity (Wildman–Crippen MR) is 89.6 cm³/mol. The average Bonchev–Trinajstić information content (AvgIpc) is 2.94. The van der Waals surface area contributed by atoms with E-state index in [2.05, 4.69) is 10.6 Å². The molecule has 26 heavy (non-hydrogen) atoms. The molecule has 0 bridgehead atoms. The van der Waals surface area contributed by atoms with Crippen LogP contribution in [0.15, 0.2) is 18.2 Å². The number of hydrogen-bond donors (Lipinski definition) is 3. The number of ether oxygens (including phenoxy) is 2. The molecule has 1 aliphatic rings. The van der Waals surface area contributed by atoms with E-state index in [0.29, 0.717) is 5.69 Å². The van der Waals surface area contributed by atoms with Gasteiger partial charge in [-0.05, 0) is 18.2 Å². The number of aliphatic carboxylic acids is 1. The molecular weight excluding hydrogens is 349 g/mol. The number of carboxylic acid groups (broad SMARTS) is 1. The molecule has 10 heteroatoms. The SMILES string of the molecule is CC(=O)NC[C@H]1CN(c2ccc(NCCOCC(=O)O)c(F)c2)C(=O)O1. The normalized spacial score (nSPS) is 16.3. The van der Waals surface area contributed by atoms with Crippen LogP contribution >= 0.6 is 0 Å². The number of halogens is 1. The van der Waals surface area contributed by atoms with E-state index in [9.17, 15) is 18.8 Å². The smallest absolute Gasteiger partial charge is 0.414 e. The summed E-state index contributed by atoms with van der Waals surface area (Å²) >= 11 is 0. The fraction of sp³-hybridized carbons (Fsp3) is 0.438. The highest BCUT2D eigenvalue weighted by Crippen LogP contribution is 2.25. The maximum atomic E-state index is 14.2. The second-order valence-corrected chi connectivity index (χ2v) is 5.59. The van der Waals surface area contributed by atoms with Crippen molar-refractivity contribution >= 4 is 29.3 Å². The van der Waals surface area contributed by atoms with Crippen molar-refractivity contribution in [3.8, 4) is 0 Å². The number of amides is 2. The van der Waals surface area contributed by atoms with Gasteiger partial charge >= 0.3 is 12.1 Å². The van der Waals surface area contributed by atoms with E-state index in [4.69, 9.17) is 14.6 Å². The zero-order chi connectivity index (χ0) is 19.1. The number of rotatable bonds is 9. The first-order chi connectivity index (χ1) is 12.4. The number of benzene rings is 1. The molecule has 1 aliphatic heterocycles. The van der Waals surface area contributed by atoms with Crippen LogP contribution in [0.2, 0.25) is 0 Å². The summed E-state index contributed by atoms with van der Waals surface area (Å²) in [5, 5.41) is 13.8. The van der Waals surface area contributed by atoms with Crippen molar-refractivity contribution in [1.82, 2.24) is 5.32 Å². The topological polar surface area (TPSA) is 117 Å². The lowest BCUT2D eigenvalue weighted by molar-refractivity contribution is -0.142. The summed E-state index contributed by atoms with van der Waals surface area (Å²) in [6.07, 6.45) is -1.11. The molecule has 0 saturated carbocycles. The Labute approximate surface area is 149 Å². The predicted octanol–water partition coefficient (Wildman–Crippen LogP) is 0.800. The first kappa shape index (κ1) is 19.4. The first-order valence-corrected chi connectivity index (χ1v) is 7.92. The monoisotopic (exact) mass is 369 g/mol. The van der Waals surface area contributed by atoms with Crippen molar-refractivity contribution < 1.29 is 33.4 Å². The fourth-order valence-corrected chi connectivity index (χ4v) is 2.33. The van der Waals surface area contributed by atoms with Crippen LogP contribution in [0.4, 0.5) is 20.6 Å². The van der Waals surface area contributed by atoms with Gasteiger partial charge in [0.1, 0.15) is 18.5 Å². The van der Waals surface area contributed by atoms with Crippen LogP contribution in [-0.2, 0) is 19.1 Å². The zero-order valence-corrected chi connectivity index (χ0v) is 14.2. The van der Waals surface area contributed by atoms with Gasteiger partial charge in [0.2, 0.25) is 5.91 Å². The van der Waals surface area contributed by atoms with Crippen LogP contribution in [0.1, 0.15) is 6.92 Å². The number of carbonyl (C=O) groups is 3. The average molecular weight is 369 g/mol. The minimum Gasteiger partial charge on any atom is -0.480 e. The Hall–Kier alpha value is -2.88. The molecular formula is C16H20FN3O6.